The molecule has 2 N–H and O–H groups in total. The van der Waals surface area contributed by atoms with E-state index in [0.717, 1.165) is 31.8 Å². The van der Waals surface area contributed by atoms with Crippen LogP contribution in [-0.4, -0.2) is 32.1 Å². The highest BCUT2D eigenvalue weighted by molar-refractivity contribution is 5.75. The highest BCUT2D eigenvalue weighted by atomic mass is 16.5. The molecule has 0 atom stereocenters. The van der Waals surface area contributed by atoms with Gasteiger partial charge in [-0.05, 0) is 44.7 Å². The lowest BCUT2D eigenvalue weighted by atomic mass is 9.93. The number of piperidine rings is 1. The van der Waals surface area contributed by atoms with E-state index in [1.807, 2.05) is 0 Å². The van der Waals surface area contributed by atoms with Crippen molar-refractivity contribution in [2.75, 3.05) is 26.2 Å². The molecule has 1 rings (SSSR count). The van der Waals surface area contributed by atoms with Gasteiger partial charge in [-0.3, -0.25) is 4.79 Å². The zero-order valence-corrected chi connectivity index (χ0v) is 10.5. The van der Waals surface area contributed by atoms with Crippen LogP contribution in [0.4, 0.5) is 0 Å². The Bertz CT molecular complexity index is 225. The fourth-order valence-electron chi connectivity index (χ4n) is 2.06. The molecule has 0 saturated carbocycles. The Kier molecular flexibility index (Phi) is 7.47. The summed E-state index contributed by atoms with van der Waals surface area (Å²) in [6, 6.07) is 0. The molecule has 0 aromatic rings. The van der Waals surface area contributed by atoms with E-state index in [9.17, 15) is 4.79 Å². The molecule has 0 aliphatic carbocycles. The van der Waals surface area contributed by atoms with Crippen molar-refractivity contribution in [1.82, 2.24) is 10.6 Å². The zero-order valence-electron chi connectivity index (χ0n) is 10.5. The summed E-state index contributed by atoms with van der Waals surface area (Å²) in [6.45, 7) is 6.98. The van der Waals surface area contributed by atoms with Gasteiger partial charge in [0, 0.05) is 13.0 Å². The largest absolute Gasteiger partial charge is 0.502 e. The van der Waals surface area contributed by atoms with E-state index in [0.29, 0.717) is 19.6 Å². The van der Waals surface area contributed by atoms with E-state index in [1.165, 1.54) is 19.1 Å². The van der Waals surface area contributed by atoms with Gasteiger partial charge in [0.25, 0.3) is 0 Å². The van der Waals surface area contributed by atoms with Crippen LogP contribution < -0.4 is 10.6 Å². The smallest absolute Gasteiger partial charge is 0.220 e. The molecule has 0 aromatic heterocycles. The number of carbonyl (C=O) groups is 1. The fourth-order valence-corrected chi connectivity index (χ4v) is 2.06. The second-order valence-electron chi connectivity index (χ2n) is 4.47. The Labute approximate surface area is 104 Å². The molecule has 0 spiro atoms. The standard InChI is InChI=1S/C13H24N2O2/c1-2-17-11-3-8-15-13(16)5-4-12-6-9-14-10-7-12/h2,12,14H,1,3-11H2,(H,15,16). The molecule has 1 saturated heterocycles. The van der Waals surface area contributed by atoms with Crippen molar-refractivity contribution in [2.45, 2.75) is 32.1 Å². The van der Waals surface area contributed by atoms with E-state index >= 15 is 0 Å². The second kappa shape index (κ2) is 9.05. The lowest BCUT2D eigenvalue weighted by molar-refractivity contribution is -0.121. The molecule has 1 aliphatic heterocycles. The maximum absolute atomic E-state index is 11.5. The van der Waals surface area contributed by atoms with Crippen LogP contribution in [0.1, 0.15) is 32.1 Å². The average Bonchev–Trinajstić information content (AvgIpc) is 2.37. The summed E-state index contributed by atoms with van der Waals surface area (Å²) in [5, 5.41) is 6.25. The molecule has 0 bridgehead atoms. The third kappa shape index (κ3) is 7.00. The van der Waals surface area contributed by atoms with Crippen LogP contribution in [0.25, 0.3) is 0 Å². The average molecular weight is 240 g/mol. The molecule has 0 radical (unpaired) electrons. The van der Waals surface area contributed by atoms with Crippen molar-refractivity contribution in [1.29, 1.82) is 0 Å². The lowest BCUT2D eigenvalue weighted by Gasteiger charge is -2.22. The van der Waals surface area contributed by atoms with Crippen LogP contribution in [0.15, 0.2) is 12.8 Å². The summed E-state index contributed by atoms with van der Waals surface area (Å²) in [4.78, 5) is 11.5. The number of nitrogens with one attached hydrogen (secondary N) is 2. The van der Waals surface area contributed by atoms with E-state index in [1.54, 1.807) is 0 Å². The summed E-state index contributed by atoms with van der Waals surface area (Å²) in [5.41, 5.74) is 0. The van der Waals surface area contributed by atoms with Crippen molar-refractivity contribution in [3.63, 3.8) is 0 Å². The summed E-state index contributed by atoms with van der Waals surface area (Å²) in [5.74, 6) is 0.897. The SMILES string of the molecule is C=COCCCNC(=O)CCC1CCNCC1. The Morgan fingerprint density at radius 1 is 1.47 bits per heavy atom. The minimum Gasteiger partial charge on any atom is -0.502 e. The normalized spacial score (nSPS) is 16.5. The Morgan fingerprint density at radius 2 is 2.24 bits per heavy atom. The Morgan fingerprint density at radius 3 is 2.94 bits per heavy atom. The summed E-state index contributed by atoms with van der Waals surface area (Å²) < 4.78 is 4.98. The summed E-state index contributed by atoms with van der Waals surface area (Å²) in [6.07, 6.45) is 6.37. The monoisotopic (exact) mass is 240 g/mol. The quantitative estimate of drug-likeness (QED) is 0.498. The van der Waals surface area contributed by atoms with Crippen LogP contribution in [0.3, 0.4) is 0 Å². The Balaban J connectivity index is 1.94. The van der Waals surface area contributed by atoms with Gasteiger partial charge in [-0.2, -0.15) is 0 Å². The van der Waals surface area contributed by atoms with Crippen molar-refractivity contribution in [3.8, 4) is 0 Å². The first-order chi connectivity index (χ1) is 8.33. The summed E-state index contributed by atoms with van der Waals surface area (Å²) in [7, 11) is 0. The van der Waals surface area contributed by atoms with Crippen LogP contribution in [0.2, 0.25) is 0 Å². The number of hydrogen-bond acceptors (Lipinski definition) is 3. The third-order valence-corrected chi connectivity index (χ3v) is 3.12. The van der Waals surface area contributed by atoms with Crippen molar-refractivity contribution < 1.29 is 9.53 Å². The van der Waals surface area contributed by atoms with Crippen LogP contribution in [-0.2, 0) is 9.53 Å². The first kappa shape index (κ1) is 14.0. The van der Waals surface area contributed by atoms with Gasteiger partial charge in [0.15, 0.2) is 0 Å². The van der Waals surface area contributed by atoms with Gasteiger partial charge in [-0.25, -0.2) is 0 Å². The van der Waals surface area contributed by atoms with Crippen LogP contribution >= 0.6 is 0 Å². The topological polar surface area (TPSA) is 50.4 Å². The first-order valence-electron chi connectivity index (χ1n) is 6.53. The number of rotatable bonds is 8. The molecule has 1 heterocycles. The third-order valence-electron chi connectivity index (χ3n) is 3.12. The number of ether oxygens (including phenoxy) is 1. The van der Waals surface area contributed by atoms with Crippen molar-refractivity contribution in [3.05, 3.63) is 12.8 Å². The number of carbonyl (C=O) groups excluding carboxylic acids is 1. The Hall–Kier alpha value is -1.03. The molecule has 1 amide bonds. The van der Waals surface area contributed by atoms with Gasteiger partial charge in [0.05, 0.1) is 12.9 Å². The van der Waals surface area contributed by atoms with Gasteiger partial charge < -0.3 is 15.4 Å². The van der Waals surface area contributed by atoms with E-state index in [2.05, 4.69) is 17.2 Å². The molecule has 4 heteroatoms. The molecule has 0 aromatic carbocycles. The first-order valence-corrected chi connectivity index (χ1v) is 6.53. The van der Waals surface area contributed by atoms with E-state index in [-0.39, 0.29) is 5.91 Å². The van der Waals surface area contributed by atoms with Gasteiger partial charge in [-0.15, -0.1) is 0 Å². The molecule has 1 fully saturated rings. The maximum Gasteiger partial charge on any atom is 0.220 e. The van der Waals surface area contributed by atoms with Crippen molar-refractivity contribution >= 4 is 5.91 Å². The predicted molar refractivity (Wildman–Crippen MR) is 68.6 cm³/mol. The maximum atomic E-state index is 11.5. The number of hydrogen-bond donors (Lipinski definition) is 2. The molecule has 1 aliphatic rings. The van der Waals surface area contributed by atoms with Gasteiger partial charge in [-0.1, -0.05) is 6.58 Å². The van der Waals surface area contributed by atoms with Crippen LogP contribution in [0, 0.1) is 5.92 Å². The molecular weight excluding hydrogens is 216 g/mol. The number of amides is 1. The lowest BCUT2D eigenvalue weighted by Crippen LogP contribution is -2.29. The predicted octanol–water partition coefficient (Wildman–Crippen LogP) is 1.43. The highest BCUT2D eigenvalue weighted by Gasteiger charge is 2.14. The second-order valence-corrected chi connectivity index (χ2v) is 4.47. The molecule has 4 nitrogen and oxygen atoms in total. The minimum atomic E-state index is 0.169. The molecular formula is C13H24N2O2. The minimum absolute atomic E-state index is 0.169. The van der Waals surface area contributed by atoms with E-state index < -0.39 is 0 Å². The van der Waals surface area contributed by atoms with Gasteiger partial charge in [0.2, 0.25) is 5.91 Å². The zero-order chi connectivity index (χ0) is 12.3. The summed E-state index contributed by atoms with van der Waals surface area (Å²) >= 11 is 0. The van der Waals surface area contributed by atoms with Gasteiger partial charge in [0.1, 0.15) is 0 Å². The van der Waals surface area contributed by atoms with E-state index in [4.69, 9.17) is 4.74 Å². The van der Waals surface area contributed by atoms with Crippen LogP contribution in [0.5, 0.6) is 0 Å². The highest BCUT2D eigenvalue weighted by Crippen LogP contribution is 2.17. The van der Waals surface area contributed by atoms with Crippen molar-refractivity contribution in [2.24, 2.45) is 5.92 Å². The molecule has 0 unspecified atom stereocenters. The fraction of sp³-hybridized carbons (Fsp3) is 0.769. The molecule has 17 heavy (non-hydrogen) atoms. The molecule has 98 valence electrons. The van der Waals surface area contributed by atoms with Gasteiger partial charge >= 0.3 is 0 Å².